The molecule has 6 nitrogen and oxygen atoms in total. The van der Waals surface area contributed by atoms with E-state index in [0.29, 0.717) is 23.4 Å². The molecule has 152 valence electrons. The van der Waals surface area contributed by atoms with Crippen LogP contribution in [0.5, 0.6) is 0 Å². The zero-order valence-electron chi connectivity index (χ0n) is 15.9. The molecule has 0 radical (unpaired) electrons. The fraction of sp³-hybridized carbons (Fsp3) is 0.227. The number of hydrogen-bond acceptors (Lipinski definition) is 4. The van der Waals surface area contributed by atoms with Crippen LogP contribution in [0.4, 0.5) is 8.78 Å². The molecule has 5 rings (SSSR count). The van der Waals surface area contributed by atoms with Crippen molar-refractivity contribution in [3.63, 3.8) is 0 Å². The van der Waals surface area contributed by atoms with Crippen molar-refractivity contribution in [2.45, 2.75) is 25.6 Å². The number of halogens is 2. The summed E-state index contributed by atoms with van der Waals surface area (Å²) in [7, 11) is 0. The second kappa shape index (κ2) is 7.46. The monoisotopic (exact) mass is 408 g/mol. The smallest absolute Gasteiger partial charge is 0.248 e. The van der Waals surface area contributed by atoms with E-state index in [9.17, 15) is 13.6 Å². The first-order valence-electron chi connectivity index (χ1n) is 9.70. The highest BCUT2D eigenvalue weighted by atomic mass is 19.2. The van der Waals surface area contributed by atoms with Gasteiger partial charge in [-0.1, -0.05) is 12.1 Å². The van der Waals surface area contributed by atoms with Gasteiger partial charge in [0.2, 0.25) is 11.8 Å². The van der Waals surface area contributed by atoms with Gasteiger partial charge in [0.05, 0.1) is 29.7 Å². The number of H-pyrrole nitrogens is 1. The molecule has 0 aliphatic carbocycles. The van der Waals surface area contributed by atoms with Crippen LogP contribution >= 0.6 is 0 Å². The summed E-state index contributed by atoms with van der Waals surface area (Å²) in [6.45, 7) is 0.795. The lowest BCUT2D eigenvalue weighted by atomic mass is 10.1. The van der Waals surface area contributed by atoms with Gasteiger partial charge in [0.15, 0.2) is 17.5 Å². The number of para-hydroxylation sites is 2. The van der Waals surface area contributed by atoms with Gasteiger partial charge in [-0.3, -0.25) is 9.79 Å². The van der Waals surface area contributed by atoms with E-state index in [1.54, 1.807) is 0 Å². The quantitative estimate of drug-likeness (QED) is 0.555. The van der Waals surface area contributed by atoms with E-state index in [2.05, 4.69) is 9.98 Å². The number of aromatic amines is 1. The van der Waals surface area contributed by atoms with E-state index in [1.165, 1.54) is 12.1 Å². The summed E-state index contributed by atoms with van der Waals surface area (Å²) in [5, 5.41) is 0.433. The molecule has 0 spiro atoms. The molecule has 1 N–H and O–H groups in total. The van der Waals surface area contributed by atoms with Gasteiger partial charge >= 0.3 is 0 Å². The van der Waals surface area contributed by atoms with E-state index in [0.717, 1.165) is 29.9 Å². The maximum atomic E-state index is 14.3. The van der Waals surface area contributed by atoms with Gasteiger partial charge in [-0.25, -0.2) is 13.8 Å². The van der Waals surface area contributed by atoms with Gasteiger partial charge in [0, 0.05) is 17.7 Å². The lowest BCUT2D eigenvalue weighted by molar-refractivity contribution is 0.0550. The maximum absolute atomic E-state index is 14.3. The third kappa shape index (κ3) is 3.19. The number of aliphatic imine (C=N–C) groups is 1. The molecule has 2 aromatic heterocycles. The number of imidazole rings is 1. The Labute approximate surface area is 169 Å². The molecule has 0 saturated carbocycles. The van der Waals surface area contributed by atoms with Crippen molar-refractivity contribution in [1.82, 2.24) is 14.5 Å². The van der Waals surface area contributed by atoms with Crippen molar-refractivity contribution < 1.29 is 13.5 Å². The van der Waals surface area contributed by atoms with Crippen LogP contribution < -0.4 is 5.56 Å². The maximum Gasteiger partial charge on any atom is 0.248 e. The lowest BCUT2D eigenvalue weighted by Gasteiger charge is -2.16. The van der Waals surface area contributed by atoms with Gasteiger partial charge < -0.3 is 14.3 Å². The second-order valence-corrected chi connectivity index (χ2v) is 7.18. The Bertz CT molecular complexity index is 1340. The van der Waals surface area contributed by atoms with Gasteiger partial charge in [-0.15, -0.1) is 0 Å². The molecule has 1 aliphatic rings. The number of hydrogen-bond donors (Lipinski definition) is 1. The van der Waals surface area contributed by atoms with Crippen molar-refractivity contribution >= 4 is 28.2 Å². The largest absolute Gasteiger partial charge is 0.350 e. The highest BCUT2D eigenvalue weighted by Gasteiger charge is 2.22. The predicted molar refractivity (Wildman–Crippen MR) is 110 cm³/mol. The van der Waals surface area contributed by atoms with Crippen LogP contribution in [0.25, 0.3) is 21.9 Å². The second-order valence-electron chi connectivity index (χ2n) is 7.18. The summed E-state index contributed by atoms with van der Waals surface area (Å²) >= 11 is 0. The Kier molecular flexibility index (Phi) is 4.63. The average molecular weight is 408 g/mol. The molecule has 3 heterocycles. The molecule has 1 atom stereocenters. The minimum atomic E-state index is -1.07. The Morgan fingerprint density at radius 2 is 2.07 bits per heavy atom. The van der Waals surface area contributed by atoms with E-state index < -0.39 is 23.4 Å². The molecule has 2 aromatic carbocycles. The summed E-state index contributed by atoms with van der Waals surface area (Å²) in [5.74, 6) is -1.48. The van der Waals surface area contributed by atoms with Crippen LogP contribution in [-0.2, 0) is 11.3 Å². The minimum absolute atomic E-state index is 0.146. The van der Waals surface area contributed by atoms with Crippen LogP contribution in [0.3, 0.4) is 0 Å². The fourth-order valence-corrected chi connectivity index (χ4v) is 3.81. The highest BCUT2D eigenvalue weighted by molar-refractivity contribution is 5.83. The minimum Gasteiger partial charge on any atom is -0.350 e. The number of fused-ring (bicyclic) bond motifs is 2. The molecule has 0 amide bonds. The summed E-state index contributed by atoms with van der Waals surface area (Å²) in [4.78, 5) is 23.8. The molecular weight excluding hydrogens is 390 g/mol. The first-order valence-corrected chi connectivity index (χ1v) is 9.70. The molecule has 8 heteroatoms. The van der Waals surface area contributed by atoms with Crippen LogP contribution in [0.2, 0.25) is 0 Å². The van der Waals surface area contributed by atoms with E-state index >= 15 is 0 Å². The highest BCUT2D eigenvalue weighted by Crippen LogP contribution is 2.28. The molecule has 0 fully saturated rings. The lowest BCUT2D eigenvalue weighted by Crippen LogP contribution is -2.14. The van der Waals surface area contributed by atoms with Gasteiger partial charge in [-0.2, -0.15) is 0 Å². The molecular formula is C22H18F2N4O2. The number of rotatable bonds is 3. The van der Waals surface area contributed by atoms with Gasteiger partial charge in [0.1, 0.15) is 0 Å². The molecule has 1 unspecified atom stereocenters. The number of aromatic nitrogens is 3. The predicted octanol–water partition coefficient (Wildman–Crippen LogP) is 4.08. The number of nitrogens with zero attached hydrogens (tertiary/aromatic N) is 3. The average Bonchev–Trinajstić information content (AvgIpc) is 2.91. The Balaban J connectivity index is 1.70. The van der Waals surface area contributed by atoms with Crippen LogP contribution in [0.1, 0.15) is 30.5 Å². The van der Waals surface area contributed by atoms with Crippen molar-refractivity contribution in [2.75, 3.05) is 6.61 Å². The number of nitrogens with one attached hydrogen (secondary N) is 1. The summed E-state index contributed by atoms with van der Waals surface area (Å²) in [6.07, 6.45) is 2.98. The van der Waals surface area contributed by atoms with E-state index in [4.69, 9.17) is 9.72 Å². The number of benzene rings is 2. The standard InChI is InChI=1S/C22H18F2N4O2/c23-15-8-7-14-13(11-18(29)27-20(14)19(15)24)12-28-17-6-2-1-5-16(17)26-21(28)22-25-9-3-4-10-30-22/h1-2,5-9,11,22H,3-4,10,12H2,(H,27,29). The van der Waals surface area contributed by atoms with Gasteiger partial charge in [-0.05, 0) is 42.7 Å². The normalized spacial score (nSPS) is 16.9. The summed E-state index contributed by atoms with van der Waals surface area (Å²) in [5.41, 5.74) is 1.51. The Morgan fingerprint density at radius 3 is 2.97 bits per heavy atom. The van der Waals surface area contributed by atoms with Crippen molar-refractivity contribution in [2.24, 2.45) is 4.99 Å². The SMILES string of the molecule is O=c1cc(Cn2c(C3N=CCCCO3)nc3ccccc32)c2ccc(F)c(F)c2[nH]1. The Morgan fingerprint density at radius 1 is 1.20 bits per heavy atom. The summed E-state index contributed by atoms with van der Waals surface area (Å²) in [6, 6.07) is 11.5. The first kappa shape index (κ1) is 18.6. The first-order chi connectivity index (χ1) is 14.6. The molecule has 1 aliphatic heterocycles. The van der Waals surface area contributed by atoms with Crippen molar-refractivity contribution in [1.29, 1.82) is 0 Å². The topological polar surface area (TPSA) is 72.3 Å². The van der Waals surface area contributed by atoms with E-state index in [-0.39, 0.29) is 12.1 Å². The van der Waals surface area contributed by atoms with Crippen LogP contribution in [0.15, 0.2) is 52.3 Å². The van der Waals surface area contributed by atoms with Crippen molar-refractivity contribution in [3.05, 3.63) is 75.8 Å². The number of pyridine rings is 1. The van der Waals surface area contributed by atoms with E-state index in [1.807, 2.05) is 35.0 Å². The Hall–Kier alpha value is -3.39. The zero-order chi connectivity index (χ0) is 20.7. The van der Waals surface area contributed by atoms with Crippen LogP contribution in [-0.4, -0.2) is 27.4 Å². The fourth-order valence-electron chi connectivity index (χ4n) is 3.81. The molecule has 4 aromatic rings. The number of ether oxygens (including phenoxy) is 1. The molecule has 0 saturated heterocycles. The summed E-state index contributed by atoms with van der Waals surface area (Å²) < 4.78 is 35.8. The van der Waals surface area contributed by atoms with Gasteiger partial charge in [0.25, 0.3) is 0 Å². The third-order valence-electron chi connectivity index (χ3n) is 5.22. The van der Waals surface area contributed by atoms with Crippen molar-refractivity contribution in [3.8, 4) is 0 Å². The zero-order valence-corrected chi connectivity index (χ0v) is 15.9. The molecule has 0 bridgehead atoms. The third-order valence-corrected chi connectivity index (χ3v) is 5.22. The van der Waals surface area contributed by atoms with Crippen LogP contribution in [0, 0.1) is 11.6 Å². The molecule has 30 heavy (non-hydrogen) atoms.